The van der Waals surface area contributed by atoms with E-state index in [4.69, 9.17) is 14.9 Å². The van der Waals surface area contributed by atoms with Gasteiger partial charge >= 0.3 is 24.1 Å². The van der Waals surface area contributed by atoms with Crippen molar-refractivity contribution < 1.29 is 37.8 Å². The monoisotopic (exact) mass is 599 g/mol. The Bertz CT molecular complexity index is 1620. The zero-order valence-electron chi connectivity index (χ0n) is 24.1. The molecule has 3 N–H and O–H groups in total. The quantitative estimate of drug-likeness (QED) is 0.219. The molecule has 0 radical (unpaired) electrons. The van der Waals surface area contributed by atoms with Gasteiger partial charge in [0.25, 0.3) is 0 Å². The highest BCUT2D eigenvalue weighted by Crippen LogP contribution is 2.27. The van der Waals surface area contributed by atoms with Crippen LogP contribution in [0.4, 0.5) is 23.7 Å². The number of rotatable bonds is 8. The number of aryl methyl sites for hydroxylation is 2. The van der Waals surface area contributed by atoms with Crippen LogP contribution in [0.5, 0.6) is 0 Å². The van der Waals surface area contributed by atoms with Gasteiger partial charge in [0.05, 0.1) is 22.5 Å². The molecule has 10 nitrogen and oxygen atoms in total. The lowest BCUT2D eigenvalue weighted by molar-refractivity contribution is -0.192. The Balaban J connectivity index is 0.000000646. The average molecular weight is 600 g/mol. The van der Waals surface area contributed by atoms with E-state index in [-0.39, 0.29) is 11.6 Å². The largest absolute Gasteiger partial charge is 0.490 e. The molecule has 0 atom stereocenters. The number of carboxylic acids is 2. The van der Waals surface area contributed by atoms with Crippen molar-refractivity contribution in [3.05, 3.63) is 77.2 Å². The van der Waals surface area contributed by atoms with Gasteiger partial charge in [-0.25, -0.2) is 24.4 Å². The maximum Gasteiger partial charge on any atom is 0.490 e. The number of carbonyl (C=O) groups is 3. The van der Waals surface area contributed by atoms with E-state index >= 15 is 0 Å². The van der Waals surface area contributed by atoms with Crippen molar-refractivity contribution in [2.24, 2.45) is 0 Å². The first kappa shape index (κ1) is 32.6. The van der Waals surface area contributed by atoms with Gasteiger partial charge in [-0.3, -0.25) is 0 Å². The fourth-order valence-electron chi connectivity index (χ4n) is 4.13. The number of urea groups is 1. The number of carboxylic acid groups (broad SMARTS) is 2. The number of pyridine rings is 1. The first-order chi connectivity index (χ1) is 20.2. The molecule has 228 valence electrons. The first-order valence-corrected chi connectivity index (χ1v) is 13.3. The third-order valence-electron chi connectivity index (χ3n) is 6.42. The first-order valence-electron chi connectivity index (χ1n) is 13.3. The maximum absolute atomic E-state index is 12.3. The smallest absolute Gasteiger partial charge is 0.478 e. The molecule has 43 heavy (non-hydrogen) atoms. The van der Waals surface area contributed by atoms with Crippen LogP contribution in [-0.4, -0.2) is 67.9 Å². The standard InChI is InChI=1S/C28H31N5O3.C2HF3O2/c1-5-6-11-25-31-26-24(16-23(18(2)29-26)30-28(36)32(3)4)33(25)17-19-12-14-20(15-13-19)21-9-7-8-10-22(21)27(34)35;3-2(4,5)1(6)7/h7-10,12-16H,5-6,11,17H2,1-4H3,(H,30,36)(H,34,35);(H,6,7). The van der Waals surface area contributed by atoms with E-state index in [1.54, 1.807) is 26.2 Å². The molecule has 0 aliphatic carbocycles. The summed E-state index contributed by atoms with van der Waals surface area (Å²) in [7, 11) is 3.39. The molecule has 2 aromatic carbocycles. The van der Waals surface area contributed by atoms with E-state index < -0.39 is 18.1 Å². The molecule has 0 saturated carbocycles. The predicted octanol–water partition coefficient (Wildman–Crippen LogP) is 6.22. The highest BCUT2D eigenvalue weighted by molar-refractivity contribution is 5.96. The number of hydrogen-bond acceptors (Lipinski definition) is 5. The number of halogens is 3. The molecule has 2 amide bonds. The van der Waals surface area contributed by atoms with Crippen molar-refractivity contribution in [2.75, 3.05) is 19.4 Å². The lowest BCUT2D eigenvalue weighted by Gasteiger charge is -2.14. The molecule has 0 spiro atoms. The van der Waals surface area contributed by atoms with Crippen LogP contribution < -0.4 is 5.32 Å². The van der Waals surface area contributed by atoms with Gasteiger partial charge < -0.3 is 25.0 Å². The molecule has 13 heteroatoms. The Morgan fingerprint density at radius 2 is 1.63 bits per heavy atom. The summed E-state index contributed by atoms with van der Waals surface area (Å²) in [6, 6.07) is 16.7. The van der Waals surface area contributed by atoms with Crippen molar-refractivity contribution in [3.8, 4) is 11.1 Å². The Hall–Kier alpha value is -4.94. The molecule has 0 unspecified atom stereocenters. The number of amides is 2. The number of fused-ring (bicyclic) bond motifs is 1. The number of carbonyl (C=O) groups excluding carboxylic acids is 1. The van der Waals surface area contributed by atoms with Gasteiger partial charge in [0.2, 0.25) is 0 Å². The van der Waals surface area contributed by atoms with Crippen LogP contribution in [0, 0.1) is 6.92 Å². The van der Waals surface area contributed by atoms with Gasteiger partial charge in [0.1, 0.15) is 5.82 Å². The maximum atomic E-state index is 12.3. The third-order valence-corrected chi connectivity index (χ3v) is 6.42. The normalized spacial score (nSPS) is 11.0. The number of imidazole rings is 1. The summed E-state index contributed by atoms with van der Waals surface area (Å²) in [5, 5.41) is 19.6. The van der Waals surface area contributed by atoms with Crippen molar-refractivity contribution in [1.82, 2.24) is 19.4 Å². The van der Waals surface area contributed by atoms with Crippen LogP contribution in [-0.2, 0) is 17.8 Å². The minimum atomic E-state index is -5.08. The number of benzene rings is 2. The molecule has 0 saturated heterocycles. The molecule has 2 aromatic heterocycles. The molecule has 0 fully saturated rings. The van der Waals surface area contributed by atoms with Gasteiger partial charge in [-0.2, -0.15) is 13.2 Å². The summed E-state index contributed by atoms with van der Waals surface area (Å²) in [5.74, 6) is -2.75. The summed E-state index contributed by atoms with van der Waals surface area (Å²) in [5.41, 5.74) is 5.77. The van der Waals surface area contributed by atoms with Gasteiger partial charge in [-0.1, -0.05) is 55.8 Å². The summed E-state index contributed by atoms with van der Waals surface area (Å²) >= 11 is 0. The summed E-state index contributed by atoms with van der Waals surface area (Å²) < 4.78 is 33.9. The van der Waals surface area contributed by atoms with E-state index in [0.717, 1.165) is 41.7 Å². The number of unbranched alkanes of at least 4 members (excludes halogenated alkanes) is 1. The predicted molar refractivity (Wildman–Crippen MR) is 155 cm³/mol. The highest BCUT2D eigenvalue weighted by Gasteiger charge is 2.38. The number of aliphatic carboxylic acids is 1. The lowest BCUT2D eigenvalue weighted by atomic mass is 9.99. The van der Waals surface area contributed by atoms with Crippen molar-refractivity contribution >= 4 is 34.8 Å². The van der Waals surface area contributed by atoms with Gasteiger partial charge in [0, 0.05) is 27.1 Å². The second kappa shape index (κ2) is 13.8. The Kier molecular flexibility index (Phi) is 10.5. The van der Waals surface area contributed by atoms with Crippen LogP contribution in [0.15, 0.2) is 54.6 Å². The van der Waals surface area contributed by atoms with E-state index in [9.17, 15) is 27.9 Å². The van der Waals surface area contributed by atoms with Gasteiger partial charge in [-0.05, 0) is 42.2 Å². The number of aromatic carboxylic acids is 1. The van der Waals surface area contributed by atoms with Gasteiger partial charge in [0.15, 0.2) is 5.65 Å². The molecular weight excluding hydrogens is 567 g/mol. The van der Waals surface area contributed by atoms with Crippen LogP contribution in [0.3, 0.4) is 0 Å². The zero-order chi connectivity index (χ0) is 31.9. The Labute approximate surface area is 245 Å². The lowest BCUT2D eigenvalue weighted by Crippen LogP contribution is -2.27. The van der Waals surface area contributed by atoms with E-state index in [1.165, 1.54) is 4.90 Å². The molecule has 4 rings (SSSR count). The number of alkyl halides is 3. The topological polar surface area (TPSA) is 138 Å². The average Bonchev–Trinajstić information content (AvgIpc) is 3.27. The second-order valence-corrected chi connectivity index (χ2v) is 9.86. The molecule has 0 aliphatic heterocycles. The van der Waals surface area contributed by atoms with Crippen LogP contribution in [0.2, 0.25) is 0 Å². The van der Waals surface area contributed by atoms with Crippen LogP contribution in [0.25, 0.3) is 22.3 Å². The van der Waals surface area contributed by atoms with Crippen molar-refractivity contribution in [3.63, 3.8) is 0 Å². The zero-order valence-corrected chi connectivity index (χ0v) is 24.1. The van der Waals surface area contributed by atoms with Crippen LogP contribution in [0.1, 0.15) is 47.2 Å². The Morgan fingerprint density at radius 1 is 1.00 bits per heavy atom. The third kappa shape index (κ3) is 8.31. The number of hydrogen-bond donors (Lipinski definition) is 3. The van der Waals surface area contributed by atoms with E-state index in [0.29, 0.717) is 29.1 Å². The fraction of sp³-hybridized carbons (Fsp3) is 0.300. The minimum Gasteiger partial charge on any atom is -0.478 e. The highest BCUT2D eigenvalue weighted by atomic mass is 19.4. The summed E-state index contributed by atoms with van der Waals surface area (Å²) in [6.07, 6.45) is -2.19. The van der Waals surface area contributed by atoms with Crippen LogP contribution >= 0.6 is 0 Å². The van der Waals surface area contributed by atoms with Crippen molar-refractivity contribution in [2.45, 2.75) is 45.8 Å². The number of nitrogens with zero attached hydrogens (tertiary/aromatic N) is 4. The van der Waals surface area contributed by atoms with E-state index in [2.05, 4.69) is 21.8 Å². The molecular formula is C30H32F3N5O5. The number of nitrogens with one attached hydrogen (secondary N) is 1. The summed E-state index contributed by atoms with van der Waals surface area (Å²) in [4.78, 5) is 43.8. The molecule has 0 aliphatic rings. The fourth-order valence-corrected chi connectivity index (χ4v) is 4.13. The summed E-state index contributed by atoms with van der Waals surface area (Å²) in [6.45, 7) is 4.60. The number of anilines is 1. The van der Waals surface area contributed by atoms with Crippen molar-refractivity contribution in [1.29, 1.82) is 0 Å². The van der Waals surface area contributed by atoms with Gasteiger partial charge in [-0.15, -0.1) is 0 Å². The second-order valence-electron chi connectivity index (χ2n) is 9.86. The SMILES string of the molecule is CCCCc1nc2nc(C)c(NC(=O)N(C)C)cc2n1Cc1ccc(-c2ccccc2C(=O)O)cc1.O=C(O)C(F)(F)F. The minimum absolute atomic E-state index is 0.214. The Morgan fingerprint density at radius 3 is 2.19 bits per heavy atom. The molecule has 0 bridgehead atoms. The van der Waals surface area contributed by atoms with E-state index in [1.807, 2.05) is 49.4 Å². The number of aromatic nitrogens is 3. The molecule has 2 heterocycles. The molecule has 4 aromatic rings.